The number of methoxy groups -OCH3 is 1. The summed E-state index contributed by atoms with van der Waals surface area (Å²) in [6, 6.07) is 11.6. The highest BCUT2D eigenvalue weighted by Gasteiger charge is 2.09. The molecule has 1 N–H and O–H groups in total. The molecular weight excluding hydrogens is 230 g/mol. The van der Waals surface area contributed by atoms with Gasteiger partial charge in [0.15, 0.2) is 0 Å². The second-order valence-electron chi connectivity index (χ2n) is 3.60. The molecule has 5 heteroatoms. The molecule has 0 spiro atoms. The van der Waals surface area contributed by atoms with E-state index >= 15 is 0 Å². The minimum Gasteiger partial charge on any atom is -0.463 e. The quantitative estimate of drug-likeness (QED) is 0.830. The zero-order chi connectivity index (χ0) is 12.8. The normalized spacial score (nSPS) is 9.83. The third kappa shape index (κ3) is 3.04. The molecule has 0 unspecified atom stereocenters. The molecular formula is C13H13N3O2. The van der Waals surface area contributed by atoms with Gasteiger partial charge in [0, 0.05) is 12.7 Å². The van der Waals surface area contributed by atoms with Crippen molar-refractivity contribution in [2.24, 2.45) is 0 Å². The van der Waals surface area contributed by atoms with Gasteiger partial charge in [-0.3, -0.25) is 0 Å². The molecule has 2 aromatic rings. The average Bonchev–Trinajstić information content (AvgIpc) is 2.45. The van der Waals surface area contributed by atoms with Gasteiger partial charge in [-0.1, -0.05) is 30.3 Å². The fourth-order valence-electron chi connectivity index (χ4n) is 1.44. The molecule has 5 nitrogen and oxygen atoms in total. The summed E-state index contributed by atoms with van der Waals surface area (Å²) < 4.78 is 4.56. The monoisotopic (exact) mass is 243 g/mol. The first-order valence-corrected chi connectivity index (χ1v) is 5.49. The molecule has 1 heterocycles. The van der Waals surface area contributed by atoms with Gasteiger partial charge in [-0.25, -0.2) is 14.8 Å². The number of hydrogen-bond donors (Lipinski definition) is 1. The van der Waals surface area contributed by atoms with Gasteiger partial charge in [-0.05, 0) is 11.6 Å². The molecule has 0 saturated carbocycles. The van der Waals surface area contributed by atoms with Gasteiger partial charge in [0.05, 0.1) is 7.11 Å². The van der Waals surface area contributed by atoms with Crippen LogP contribution < -0.4 is 5.32 Å². The first-order chi connectivity index (χ1) is 8.79. The lowest BCUT2D eigenvalue weighted by Crippen LogP contribution is -2.09. The number of nitrogens with one attached hydrogen (secondary N) is 1. The van der Waals surface area contributed by atoms with Crippen molar-refractivity contribution in [3.8, 4) is 0 Å². The van der Waals surface area contributed by atoms with Gasteiger partial charge < -0.3 is 10.1 Å². The van der Waals surface area contributed by atoms with Crippen molar-refractivity contribution in [3.63, 3.8) is 0 Å². The van der Waals surface area contributed by atoms with E-state index in [-0.39, 0.29) is 5.82 Å². The minimum absolute atomic E-state index is 0.0514. The van der Waals surface area contributed by atoms with E-state index in [0.717, 1.165) is 5.56 Å². The van der Waals surface area contributed by atoms with E-state index in [2.05, 4.69) is 20.0 Å². The average molecular weight is 243 g/mol. The summed E-state index contributed by atoms with van der Waals surface area (Å²) in [5.74, 6) is 0.100. The molecule has 18 heavy (non-hydrogen) atoms. The Morgan fingerprint density at radius 3 is 2.78 bits per heavy atom. The van der Waals surface area contributed by atoms with Crippen molar-refractivity contribution in [2.45, 2.75) is 6.54 Å². The fraction of sp³-hybridized carbons (Fsp3) is 0.154. The maximum atomic E-state index is 11.3. The van der Waals surface area contributed by atoms with E-state index in [1.54, 1.807) is 6.07 Å². The summed E-state index contributed by atoms with van der Waals surface area (Å²) in [5.41, 5.74) is 1.13. The molecule has 0 aliphatic heterocycles. The lowest BCUT2D eigenvalue weighted by atomic mass is 10.2. The van der Waals surface area contributed by atoms with Crippen LogP contribution >= 0.6 is 0 Å². The smallest absolute Gasteiger partial charge is 0.376 e. The van der Waals surface area contributed by atoms with Gasteiger partial charge in [-0.2, -0.15) is 0 Å². The Balaban J connectivity index is 2.04. The Hall–Kier alpha value is -2.43. The van der Waals surface area contributed by atoms with Crippen LogP contribution in [-0.4, -0.2) is 23.0 Å². The molecule has 92 valence electrons. The van der Waals surface area contributed by atoms with E-state index in [9.17, 15) is 4.79 Å². The second kappa shape index (κ2) is 5.77. The van der Waals surface area contributed by atoms with Crippen LogP contribution in [-0.2, 0) is 11.3 Å². The second-order valence-corrected chi connectivity index (χ2v) is 3.60. The molecule has 1 aromatic carbocycles. The van der Waals surface area contributed by atoms with Gasteiger partial charge in [0.2, 0.25) is 5.82 Å². The highest BCUT2D eigenvalue weighted by Crippen LogP contribution is 2.06. The molecule has 0 aliphatic rings. The van der Waals surface area contributed by atoms with Gasteiger partial charge >= 0.3 is 5.97 Å². The van der Waals surface area contributed by atoms with E-state index in [4.69, 9.17) is 0 Å². The number of anilines is 1. The molecule has 2 rings (SSSR count). The van der Waals surface area contributed by atoms with Crippen LogP contribution in [0.3, 0.4) is 0 Å². The number of carbonyl (C=O) groups excluding carboxylic acids is 1. The third-order valence-corrected chi connectivity index (χ3v) is 2.34. The lowest BCUT2D eigenvalue weighted by molar-refractivity contribution is 0.0587. The molecule has 0 radical (unpaired) electrons. The van der Waals surface area contributed by atoms with Crippen molar-refractivity contribution in [1.29, 1.82) is 0 Å². The Bertz CT molecular complexity index is 529. The minimum atomic E-state index is -0.543. The first kappa shape index (κ1) is 12.0. The summed E-state index contributed by atoms with van der Waals surface area (Å²) in [6.07, 6.45) is 1.52. The Labute approximate surface area is 105 Å². The van der Waals surface area contributed by atoms with Crippen LogP contribution in [0, 0.1) is 0 Å². The number of aromatic nitrogens is 2. The number of esters is 1. The van der Waals surface area contributed by atoms with Crippen LogP contribution in [0.15, 0.2) is 42.6 Å². The van der Waals surface area contributed by atoms with Crippen LogP contribution in [0.2, 0.25) is 0 Å². The van der Waals surface area contributed by atoms with Crippen molar-refractivity contribution in [1.82, 2.24) is 9.97 Å². The Morgan fingerprint density at radius 1 is 1.28 bits per heavy atom. The maximum Gasteiger partial charge on any atom is 0.376 e. The summed E-state index contributed by atoms with van der Waals surface area (Å²) in [6.45, 7) is 0.637. The molecule has 0 fully saturated rings. The highest BCUT2D eigenvalue weighted by atomic mass is 16.5. The largest absolute Gasteiger partial charge is 0.463 e. The molecule has 0 aliphatic carbocycles. The number of carbonyl (C=O) groups is 1. The Morgan fingerprint density at radius 2 is 2.06 bits per heavy atom. The van der Waals surface area contributed by atoms with Crippen LogP contribution in [0.4, 0.5) is 5.82 Å². The number of rotatable bonds is 4. The van der Waals surface area contributed by atoms with Crippen molar-refractivity contribution < 1.29 is 9.53 Å². The maximum absolute atomic E-state index is 11.3. The van der Waals surface area contributed by atoms with Gasteiger partial charge in [-0.15, -0.1) is 0 Å². The van der Waals surface area contributed by atoms with Crippen LogP contribution in [0.25, 0.3) is 0 Å². The van der Waals surface area contributed by atoms with Crippen molar-refractivity contribution >= 4 is 11.8 Å². The van der Waals surface area contributed by atoms with Crippen LogP contribution in [0.5, 0.6) is 0 Å². The van der Waals surface area contributed by atoms with Crippen molar-refractivity contribution in [2.75, 3.05) is 12.4 Å². The SMILES string of the molecule is COC(=O)c1nccc(NCc2ccccc2)n1. The summed E-state index contributed by atoms with van der Waals surface area (Å²) in [5, 5.41) is 3.12. The zero-order valence-electron chi connectivity index (χ0n) is 9.96. The summed E-state index contributed by atoms with van der Waals surface area (Å²) in [7, 11) is 1.30. The van der Waals surface area contributed by atoms with E-state index in [1.807, 2.05) is 30.3 Å². The predicted molar refractivity (Wildman–Crippen MR) is 67.1 cm³/mol. The van der Waals surface area contributed by atoms with Gasteiger partial charge in [0.1, 0.15) is 5.82 Å². The van der Waals surface area contributed by atoms with E-state index in [0.29, 0.717) is 12.4 Å². The van der Waals surface area contributed by atoms with Crippen LogP contribution in [0.1, 0.15) is 16.2 Å². The number of benzene rings is 1. The fourth-order valence-corrected chi connectivity index (χ4v) is 1.44. The third-order valence-electron chi connectivity index (χ3n) is 2.34. The molecule has 0 amide bonds. The topological polar surface area (TPSA) is 64.1 Å². The first-order valence-electron chi connectivity index (χ1n) is 5.49. The van der Waals surface area contributed by atoms with E-state index in [1.165, 1.54) is 13.3 Å². The van der Waals surface area contributed by atoms with Crippen molar-refractivity contribution in [3.05, 3.63) is 54.0 Å². The van der Waals surface area contributed by atoms with Gasteiger partial charge in [0.25, 0.3) is 0 Å². The lowest BCUT2D eigenvalue weighted by Gasteiger charge is -2.06. The Kier molecular flexibility index (Phi) is 3.86. The summed E-state index contributed by atoms with van der Waals surface area (Å²) in [4.78, 5) is 19.2. The van der Waals surface area contributed by atoms with E-state index < -0.39 is 5.97 Å². The molecule has 0 bridgehead atoms. The zero-order valence-corrected chi connectivity index (χ0v) is 9.96. The molecule has 0 atom stereocenters. The molecule has 1 aromatic heterocycles. The number of ether oxygens (including phenoxy) is 1. The predicted octanol–water partition coefficient (Wildman–Crippen LogP) is 1.88. The summed E-state index contributed by atoms with van der Waals surface area (Å²) >= 11 is 0. The number of nitrogens with zero attached hydrogens (tertiary/aromatic N) is 2. The number of hydrogen-bond acceptors (Lipinski definition) is 5. The standard InChI is InChI=1S/C13H13N3O2/c1-18-13(17)12-14-8-7-11(16-12)15-9-10-5-3-2-4-6-10/h2-8H,9H2,1H3,(H,14,15,16). The molecule has 0 saturated heterocycles. The highest BCUT2D eigenvalue weighted by molar-refractivity contribution is 5.85.